The topological polar surface area (TPSA) is 32.5 Å². The van der Waals surface area contributed by atoms with Crippen molar-refractivity contribution >= 4 is 0 Å². The predicted molar refractivity (Wildman–Crippen MR) is 54.7 cm³/mol. The molecule has 2 heterocycles. The van der Waals surface area contributed by atoms with Gasteiger partial charge in [-0.05, 0) is 19.4 Å². The van der Waals surface area contributed by atoms with Gasteiger partial charge in [0.25, 0.3) is 0 Å². The molecule has 0 spiro atoms. The molecule has 2 bridgehead atoms. The number of fused-ring (bicyclic) bond motifs is 2. The lowest BCUT2D eigenvalue weighted by Gasteiger charge is -2.35. The Morgan fingerprint density at radius 2 is 2.23 bits per heavy atom. The molecule has 2 aliphatic rings. The van der Waals surface area contributed by atoms with Gasteiger partial charge in [-0.25, -0.2) is 0 Å². The van der Waals surface area contributed by atoms with Gasteiger partial charge >= 0.3 is 0 Å². The zero-order valence-corrected chi connectivity index (χ0v) is 8.58. The largest absolute Gasteiger partial charge is 0.327 e. The van der Waals surface area contributed by atoms with Gasteiger partial charge in [0.05, 0.1) is 0 Å². The molecule has 0 aromatic rings. The van der Waals surface area contributed by atoms with Crippen LogP contribution >= 0.6 is 0 Å². The van der Waals surface area contributed by atoms with Crippen molar-refractivity contribution in [3.05, 3.63) is 0 Å². The standard InChI is InChI=1S/C10H21N3/c1-2-9(11)7-13-6-5-12-4-3-10(13)8-12/h9-10H,2-8,11H2,1H3/t9-,10?/m1/s1. The van der Waals surface area contributed by atoms with E-state index >= 15 is 0 Å². The summed E-state index contributed by atoms with van der Waals surface area (Å²) in [6.45, 7) is 8.37. The molecule has 2 aliphatic heterocycles. The minimum absolute atomic E-state index is 0.382. The third-order valence-corrected chi connectivity index (χ3v) is 3.46. The second kappa shape index (κ2) is 3.95. The monoisotopic (exact) mass is 183 g/mol. The smallest absolute Gasteiger partial charge is 0.0236 e. The van der Waals surface area contributed by atoms with E-state index < -0.39 is 0 Å². The SMILES string of the molecule is CC[C@@H](N)CN1CCN2CCC1C2. The maximum absolute atomic E-state index is 5.98. The van der Waals surface area contributed by atoms with E-state index in [-0.39, 0.29) is 0 Å². The molecule has 2 rings (SSSR count). The Kier molecular flexibility index (Phi) is 2.86. The van der Waals surface area contributed by atoms with Crippen molar-refractivity contribution in [1.29, 1.82) is 0 Å². The summed E-state index contributed by atoms with van der Waals surface area (Å²) in [5, 5.41) is 0. The minimum atomic E-state index is 0.382. The van der Waals surface area contributed by atoms with Crippen LogP contribution in [0, 0.1) is 0 Å². The fourth-order valence-electron chi connectivity index (χ4n) is 2.44. The van der Waals surface area contributed by atoms with Crippen LogP contribution in [-0.4, -0.2) is 54.6 Å². The summed E-state index contributed by atoms with van der Waals surface area (Å²) < 4.78 is 0. The molecule has 76 valence electrons. The van der Waals surface area contributed by atoms with E-state index in [4.69, 9.17) is 5.73 Å². The summed E-state index contributed by atoms with van der Waals surface area (Å²) in [4.78, 5) is 5.16. The first kappa shape index (κ1) is 9.44. The van der Waals surface area contributed by atoms with Crippen molar-refractivity contribution in [3.63, 3.8) is 0 Å². The molecule has 2 unspecified atom stereocenters. The maximum Gasteiger partial charge on any atom is 0.0236 e. The van der Waals surface area contributed by atoms with E-state index in [1.165, 1.54) is 32.6 Å². The average Bonchev–Trinajstić information content (AvgIpc) is 2.54. The van der Waals surface area contributed by atoms with Gasteiger partial charge in [-0.15, -0.1) is 0 Å². The van der Waals surface area contributed by atoms with Crippen molar-refractivity contribution in [3.8, 4) is 0 Å². The summed E-state index contributed by atoms with van der Waals surface area (Å²) >= 11 is 0. The Morgan fingerprint density at radius 3 is 3.00 bits per heavy atom. The summed E-state index contributed by atoms with van der Waals surface area (Å²) in [7, 11) is 0. The summed E-state index contributed by atoms with van der Waals surface area (Å²) in [5.74, 6) is 0. The van der Waals surface area contributed by atoms with Gasteiger partial charge in [-0.1, -0.05) is 6.92 Å². The van der Waals surface area contributed by atoms with Crippen LogP contribution in [0.2, 0.25) is 0 Å². The molecule has 3 heteroatoms. The normalized spacial score (nSPS) is 36.5. The molecule has 0 saturated carbocycles. The van der Waals surface area contributed by atoms with E-state index in [9.17, 15) is 0 Å². The Morgan fingerprint density at radius 1 is 1.38 bits per heavy atom. The van der Waals surface area contributed by atoms with E-state index in [2.05, 4.69) is 16.7 Å². The van der Waals surface area contributed by atoms with Crippen molar-refractivity contribution in [2.75, 3.05) is 32.7 Å². The van der Waals surface area contributed by atoms with Gasteiger partial charge in [0.2, 0.25) is 0 Å². The molecule has 0 aromatic carbocycles. The van der Waals surface area contributed by atoms with Gasteiger partial charge < -0.3 is 10.6 Å². The number of nitrogens with two attached hydrogens (primary N) is 1. The number of rotatable bonds is 3. The van der Waals surface area contributed by atoms with Crippen molar-refractivity contribution in [2.24, 2.45) is 5.73 Å². The molecule has 2 N–H and O–H groups in total. The lowest BCUT2D eigenvalue weighted by molar-refractivity contribution is 0.128. The molecular weight excluding hydrogens is 162 g/mol. The molecule has 2 saturated heterocycles. The third-order valence-electron chi connectivity index (χ3n) is 3.46. The second-order valence-corrected chi connectivity index (χ2v) is 4.41. The third kappa shape index (κ3) is 2.03. The summed E-state index contributed by atoms with van der Waals surface area (Å²) in [6.07, 6.45) is 2.46. The molecular formula is C10H21N3. The van der Waals surface area contributed by atoms with E-state index in [1.807, 2.05) is 0 Å². The lowest BCUT2D eigenvalue weighted by atomic mass is 10.1. The van der Waals surface area contributed by atoms with Gasteiger partial charge in [-0.3, -0.25) is 4.90 Å². The zero-order chi connectivity index (χ0) is 9.26. The quantitative estimate of drug-likeness (QED) is 0.674. The molecule has 0 amide bonds. The summed E-state index contributed by atoms with van der Waals surface area (Å²) in [6, 6.07) is 1.19. The minimum Gasteiger partial charge on any atom is -0.327 e. The van der Waals surface area contributed by atoms with Crippen LogP contribution in [0.1, 0.15) is 19.8 Å². The lowest BCUT2D eigenvalue weighted by Crippen LogP contribution is -2.50. The number of piperazine rings is 1. The Labute approximate surface area is 80.9 Å². The van der Waals surface area contributed by atoms with Crippen LogP contribution < -0.4 is 5.73 Å². The van der Waals surface area contributed by atoms with Crippen LogP contribution in [-0.2, 0) is 0 Å². The number of hydrogen-bond acceptors (Lipinski definition) is 3. The van der Waals surface area contributed by atoms with Crippen LogP contribution in [0.4, 0.5) is 0 Å². The highest BCUT2D eigenvalue weighted by atomic mass is 15.3. The molecule has 3 atom stereocenters. The van der Waals surface area contributed by atoms with Crippen molar-refractivity contribution in [1.82, 2.24) is 9.80 Å². The van der Waals surface area contributed by atoms with E-state index in [0.717, 1.165) is 19.0 Å². The Bertz CT molecular complexity index is 172. The zero-order valence-electron chi connectivity index (χ0n) is 8.58. The van der Waals surface area contributed by atoms with Gasteiger partial charge in [-0.2, -0.15) is 0 Å². The summed E-state index contributed by atoms with van der Waals surface area (Å²) in [5.41, 5.74) is 5.98. The number of hydrogen-bond donors (Lipinski definition) is 1. The van der Waals surface area contributed by atoms with Crippen LogP contribution in [0.5, 0.6) is 0 Å². The second-order valence-electron chi connectivity index (χ2n) is 4.41. The van der Waals surface area contributed by atoms with Gasteiger partial charge in [0.1, 0.15) is 0 Å². The first-order valence-electron chi connectivity index (χ1n) is 5.51. The Hall–Kier alpha value is -0.120. The Balaban J connectivity index is 1.85. The molecule has 0 aliphatic carbocycles. The van der Waals surface area contributed by atoms with Crippen molar-refractivity contribution < 1.29 is 0 Å². The highest BCUT2D eigenvalue weighted by Gasteiger charge is 2.32. The molecule has 13 heavy (non-hydrogen) atoms. The highest BCUT2D eigenvalue weighted by molar-refractivity contribution is 4.89. The maximum atomic E-state index is 5.98. The molecule has 3 nitrogen and oxygen atoms in total. The first-order valence-corrected chi connectivity index (χ1v) is 5.51. The van der Waals surface area contributed by atoms with Gasteiger partial charge in [0, 0.05) is 38.3 Å². The first-order chi connectivity index (χ1) is 6.29. The average molecular weight is 183 g/mol. The van der Waals surface area contributed by atoms with E-state index in [1.54, 1.807) is 0 Å². The van der Waals surface area contributed by atoms with E-state index in [0.29, 0.717) is 6.04 Å². The molecule has 0 radical (unpaired) electrons. The van der Waals surface area contributed by atoms with Crippen LogP contribution in [0.25, 0.3) is 0 Å². The number of nitrogens with zero attached hydrogens (tertiary/aromatic N) is 2. The van der Waals surface area contributed by atoms with Crippen LogP contribution in [0.3, 0.4) is 0 Å². The van der Waals surface area contributed by atoms with Crippen LogP contribution in [0.15, 0.2) is 0 Å². The highest BCUT2D eigenvalue weighted by Crippen LogP contribution is 2.20. The predicted octanol–water partition coefficient (Wildman–Crippen LogP) is 0.114. The van der Waals surface area contributed by atoms with Gasteiger partial charge in [0.15, 0.2) is 0 Å². The molecule has 0 aromatic heterocycles. The molecule has 2 fully saturated rings. The fraction of sp³-hybridized carbons (Fsp3) is 1.00. The fourth-order valence-corrected chi connectivity index (χ4v) is 2.44. The van der Waals surface area contributed by atoms with Crippen molar-refractivity contribution in [2.45, 2.75) is 31.8 Å².